The molecule has 0 amide bonds. The third kappa shape index (κ3) is 4.61. The van der Waals surface area contributed by atoms with Crippen molar-refractivity contribution in [2.75, 3.05) is 26.3 Å². The molecule has 0 saturated carbocycles. The van der Waals surface area contributed by atoms with E-state index in [1.807, 2.05) is 6.92 Å². The summed E-state index contributed by atoms with van der Waals surface area (Å²) in [6.07, 6.45) is 2.68. The van der Waals surface area contributed by atoms with Gasteiger partial charge in [0.15, 0.2) is 0 Å². The molecule has 1 aliphatic rings. The first-order chi connectivity index (χ1) is 8.81. The van der Waals surface area contributed by atoms with Gasteiger partial charge in [-0.25, -0.2) is 8.42 Å². The van der Waals surface area contributed by atoms with E-state index in [0.29, 0.717) is 16.1 Å². The number of halogens is 3. The first kappa shape index (κ1) is 17.3. The Kier molecular flexibility index (Phi) is 6.61. The van der Waals surface area contributed by atoms with Crippen molar-refractivity contribution in [3.63, 3.8) is 0 Å². The Labute approximate surface area is 126 Å². The van der Waals surface area contributed by atoms with Crippen LogP contribution in [0.4, 0.5) is 8.78 Å². The van der Waals surface area contributed by atoms with E-state index < -0.39 is 15.3 Å². The van der Waals surface area contributed by atoms with Crippen LogP contribution in [0.2, 0.25) is 0 Å². The number of allylic oxidation sites excluding steroid dienone is 1. The molecule has 1 rings (SSSR count). The van der Waals surface area contributed by atoms with Gasteiger partial charge in [-0.2, -0.15) is 13.1 Å². The van der Waals surface area contributed by atoms with Crippen molar-refractivity contribution in [1.82, 2.24) is 4.31 Å². The third-order valence-corrected chi connectivity index (χ3v) is 5.45. The van der Waals surface area contributed by atoms with Gasteiger partial charge in [0.25, 0.3) is 10.0 Å². The average molecular weight is 409 g/mol. The number of rotatable bonds is 6. The molecule has 1 fully saturated rings. The molecule has 8 heteroatoms. The highest BCUT2D eigenvalue weighted by Crippen LogP contribution is 2.31. The van der Waals surface area contributed by atoms with Crippen molar-refractivity contribution in [3.05, 3.63) is 9.66 Å². The standard InChI is InChI=1S/C11H18F2INO3S/c1-2-3-4-10(14)9-11(12,13)19(16,17)15-5-7-18-8-6-15/h9H,2-8H2,1H3. The molecule has 112 valence electrons. The zero-order valence-electron chi connectivity index (χ0n) is 10.7. The van der Waals surface area contributed by atoms with Crippen LogP contribution < -0.4 is 0 Å². The molecule has 0 spiro atoms. The molecule has 1 saturated heterocycles. The van der Waals surface area contributed by atoms with Gasteiger partial charge in [0.1, 0.15) is 0 Å². The van der Waals surface area contributed by atoms with Crippen molar-refractivity contribution < 1.29 is 21.9 Å². The number of hydrogen-bond acceptors (Lipinski definition) is 3. The van der Waals surface area contributed by atoms with Crippen LogP contribution in [0.25, 0.3) is 0 Å². The third-order valence-electron chi connectivity index (χ3n) is 2.75. The molecule has 1 heterocycles. The molecule has 0 radical (unpaired) electrons. The predicted octanol–water partition coefficient (Wildman–Crippen LogP) is 2.75. The molecule has 0 aromatic carbocycles. The number of nitrogens with zero attached hydrogens (tertiary/aromatic N) is 1. The van der Waals surface area contributed by atoms with Gasteiger partial charge in [-0.05, 0) is 39.0 Å². The van der Waals surface area contributed by atoms with Gasteiger partial charge in [0.05, 0.1) is 13.2 Å². The Balaban J connectivity index is 2.84. The fourth-order valence-electron chi connectivity index (χ4n) is 1.63. The maximum absolute atomic E-state index is 13.9. The zero-order chi connectivity index (χ0) is 14.5. The number of alkyl halides is 2. The lowest BCUT2D eigenvalue weighted by atomic mass is 10.2. The molecule has 0 N–H and O–H groups in total. The Hall–Kier alpha value is 0.200. The van der Waals surface area contributed by atoms with Gasteiger partial charge in [-0.1, -0.05) is 13.3 Å². The summed E-state index contributed by atoms with van der Waals surface area (Å²) in [5.74, 6) is 0. The predicted molar refractivity (Wildman–Crippen MR) is 77.9 cm³/mol. The summed E-state index contributed by atoms with van der Waals surface area (Å²) in [4.78, 5) is 0. The second-order valence-electron chi connectivity index (χ2n) is 4.27. The maximum Gasteiger partial charge on any atom is 0.378 e. The van der Waals surface area contributed by atoms with Gasteiger partial charge in [-0.15, -0.1) is 0 Å². The van der Waals surface area contributed by atoms with E-state index in [4.69, 9.17) is 4.74 Å². The van der Waals surface area contributed by atoms with E-state index in [9.17, 15) is 17.2 Å². The maximum atomic E-state index is 13.9. The molecule has 0 bridgehead atoms. The molecular weight excluding hydrogens is 391 g/mol. The van der Waals surface area contributed by atoms with Gasteiger partial charge < -0.3 is 4.74 Å². The van der Waals surface area contributed by atoms with E-state index in [-0.39, 0.29) is 26.3 Å². The number of hydrogen-bond donors (Lipinski definition) is 0. The normalized spacial score (nSPS) is 19.7. The molecule has 0 atom stereocenters. The lowest BCUT2D eigenvalue weighted by molar-refractivity contribution is 0.0634. The Morgan fingerprint density at radius 3 is 2.53 bits per heavy atom. The molecular formula is C11H18F2INO3S. The van der Waals surface area contributed by atoms with Crippen molar-refractivity contribution >= 4 is 32.6 Å². The Bertz CT molecular complexity index is 420. The van der Waals surface area contributed by atoms with E-state index in [2.05, 4.69) is 0 Å². The molecule has 0 aliphatic carbocycles. The van der Waals surface area contributed by atoms with E-state index in [0.717, 1.165) is 17.1 Å². The van der Waals surface area contributed by atoms with Crippen LogP contribution >= 0.6 is 22.6 Å². The largest absolute Gasteiger partial charge is 0.379 e. The Morgan fingerprint density at radius 1 is 1.42 bits per heavy atom. The van der Waals surface area contributed by atoms with Crippen LogP contribution in [0.5, 0.6) is 0 Å². The highest BCUT2D eigenvalue weighted by atomic mass is 127. The molecule has 19 heavy (non-hydrogen) atoms. The summed E-state index contributed by atoms with van der Waals surface area (Å²) in [6, 6.07) is 0. The summed E-state index contributed by atoms with van der Waals surface area (Å²) in [5, 5.41) is -3.85. The number of ether oxygens (including phenoxy) is 1. The van der Waals surface area contributed by atoms with E-state index >= 15 is 0 Å². The number of sulfonamides is 1. The summed E-state index contributed by atoms with van der Waals surface area (Å²) >= 11 is 1.77. The monoisotopic (exact) mass is 409 g/mol. The summed E-state index contributed by atoms with van der Waals surface area (Å²) in [6.45, 7) is 2.24. The first-order valence-corrected chi connectivity index (χ1v) is 8.65. The minimum atomic E-state index is -4.64. The first-order valence-electron chi connectivity index (χ1n) is 6.13. The van der Waals surface area contributed by atoms with Crippen LogP contribution in [-0.4, -0.2) is 44.3 Å². The summed E-state index contributed by atoms with van der Waals surface area (Å²) in [5.41, 5.74) is 0. The number of unbranched alkanes of at least 4 members (excludes halogenated alkanes) is 1. The second-order valence-corrected chi connectivity index (χ2v) is 7.67. The molecule has 1 aliphatic heterocycles. The topological polar surface area (TPSA) is 46.6 Å². The van der Waals surface area contributed by atoms with Crippen molar-refractivity contribution in [3.8, 4) is 0 Å². The molecule has 4 nitrogen and oxygen atoms in total. The fraction of sp³-hybridized carbons (Fsp3) is 0.818. The average Bonchev–Trinajstić information content (AvgIpc) is 2.36. The van der Waals surface area contributed by atoms with Gasteiger partial charge >= 0.3 is 5.25 Å². The number of morpholine rings is 1. The SMILES string of the molecule is CCCCC(I)=CC(F)(F)S(=O)(=O)N1CCOCC1. The highest BCUT2D eigenvalue weighted by Gasteiger charge is 2.47. The minimum Gasteiger partial charge on any atom is -0.379 e. The van der Waals surface area contributed by atoms with Gasteiger partial charge in [0.2, 0.25) is 0 Å². The smallest absolute Gasteiger partial charge is 0.378 e. The lowest BCUT2D eigenvalue weighted by Crippen LogP contribution is -2.47. The van der Waals surface area contributed by atoms with Crippen molar-refractivity contribution in [2.24, 2.45) is 0 Å². The van der Waals surface area contributed by atoms with E-state index in [1.165, 1.54) is 0 Å². The van der Waals surface area contributed by atoms with Crippen molar-refractivity contribution in [1.29, 1.82) is 0 Å². The van der Waals surface area contributed by atoms with Crippen LogP contribution in [0.3, 0.4) is 0 Å². The Morgan fingerprint density at radius 2 is 2.00 bits per heavy atom. The minimum absolute atomic E-state index is 0.0166. The van der Waals surface area contributed by atoms with E-state index in [1.54, 1.807) is 22.6 Å². The zero-order valence-corrected chi connectivity index (χ0v) is 13.7. The summed E-state index contributed by atoms with van der Waals surface area (Å²) < 4.78 is 57.8. The quantitative estimate of drug-likeness (QED) is 0.634. The molecule has 0 aromatic rings. The fourth-order valence-corrected chi connectivity index (χ4v) is 3.88. The van der Waals surface area contributed by atoms with Crippen LogP contribution in [-0.2, 0) is 14.8 Å². The van der Waals surface area contributed by atoms with Gasteiger partial charge in [0, 0.05) is 19.2 Å². The second kappa shape index (κ2) is 7.28. The molecule has 0 unspecified atom stereocenters. The van der Waals surface area contributed by atoms with Gasteiger partial charge in [-0.3, -0.25) is 0 Å². The lowest BCUT2D eigenvalue weighted by Gasteiger charge is -2.28. The highest BCUT2D eigenvalue weighted by molar-refractivity contribution is 14.1. The molecule has 0 aromatic heterocycles. The summed E-state index contributed by atoms with van der Waals surface area (Å²) in [7, 11) is -4.64. The van der Waals surface area contributed by atoms with Crippen LogP contribution in [0, 0.1) is 0 Å². The van der Waals surface area contributed by atoms with Crippen molar-refractivity contribution in [2.45, 2.75) is 31.4 Å². The van der Waals surface area contributed by atoms with Crippen LogP contribution in [0.15, 0.2) is 9.66 Å². The van der Waals surface area contributed by atoms with Crippen LogP contribution in [0.1, 0.15) is 26.2 Å².